The van der Waals surface area contributed by atoms with Crippen LogP contribution in [-0.4, -0.2) is 32.0 Å². The summed E-state index contributed by atoms with van der Waals surface area (Å²) < 4.78 is 0. The fourth-order valence-corrected chi connectivity index (χ4v) is 3.54. The Morgan fingerprint density at radius 1 is 1.36 bits per heavy atom. The van der Waals surface area contributed by atoms with Crippen molar-refractivity contribution in [1.29, 1.82) is 0 Å². The number of benzene rings is 1. The SMILES string of the molecule is CCC1(C)CCC(C)c2ncc(C(/C=C/c3ccc(C(=O)O)cc3)=N/O)nc21. The molecule has 0 amide bonds. The van der Waals surface area contributed by atoms with Gasteiger partial charge in [-0.2, -0.15) is 0 Å². The topological polar surface area (TPSA) is 95.7 Å². The molecule has 0 fully saturated rings. The van der Waals surface area contributed by atoms with Crippen LogP contribution >= 0.6 is 0 Å². The zero-order valence-electron chi connectivity index (χ0n) is 16.4. The molecule has 0 radical (unpaired) electrons. The molecular weight excluding hydrogens is 354 g/mol. The normalized spacial score (nSPS) is 22.2. The minimum Gasteiger partial charge on any atom is -0.478 e. The number of fused-ring (bicyclic) bond motifs is 1. The summed E-state index contributed by atoms with van der Waals surface area (Å²) in [7, 11) is 0. The van der Waals surface area contributed by atoms with Gasteiger partial charge in [-0.15, -0.1) is 0 Å². The largest absolute Gasteiger partial charge is 0.478 e. The second kappa shape index (κ2) is 7.92. The van der Waals surface area contributed by atoms with E-state index in [1.165, 1.54) is 12.1 Å². The molecule has 0 spiro atoms. The third kappa shape index (κ3) is 3.81. The molecule has 2 N–H and O–H groups in total. The minimum absolute atomic E-state index is 0.0260. The standard InChI is InChI=1S/C22H25N3O3/c1-4-22(3)12-11-14(2)19-20(22)24-18(13-23-19)17(25-28)10-7-15-5-8-16(9-6-15)21(26)27/h5-10,13-14,28H,4,11-12H2,1-3H3,(H,26,27)/b10-7+,25-17+. The highest BCUT2D eigenvalue weighted by Gasteiger charge is 2.36. The molecule has 0 saturated carbocycles. The fraction of sp³-hybridized carbons (Fsp3) is 0.364. The average molecular weight is 379 g/mol. The number of hydrogen-bond acceptors (Lipinski definition) is 5. The summed E-state index contributed by atoms with van der Waals surface area (Å²) in [6, 6.07) is 6.46. The van der Waals surface area contributed by atoms with Gasteiger partial charge >= 0.3 is 5.97 Å². The van der Waals surface area contributed by atoms with Crippen molar-refractivity contribution in [3.8, 4) is 0 Å². The predicted molar refractivity (Wildman–Crippen MR) is 108 cm³/mol. The van der Waals surface area contributed by atoms with E-state index in [0.29, 0.717) is 17.3 Å². The monoisotopic (exact) mass is 379 g/mol. The van der Waals surface area contributed by atoms with Crippen molar-refractivity contribution < 1.29 is 15.1 Å². The third-order valence-corrected chi connectivity index (χ3v) is 5.71. The molecule has 6 heteroatoms. The maximum Gasteiger partial charge on any atom is 0.335 e. The van der Waals surface area contributed by atoms with Crippen LogP contribution in [0, 0.1) is 0 Å². The molecule has 2 atom stereocenters. The van der Waals surface area contributed by atoms with E-state index in [0.717, 1.165) is 36.2 Å². The van der Waals surface area contributed by atoms with Crippen molar-refractivity contribution in [2.75, 3.05) is 0 Å². The van der Waals surface area contributed by atoms with Crippen LogP contribution in [0.5, 0.6) is 0 Å². The molecule has 1 aliphatic carbocycles. The summed E-state index contributed by atoms with van der Waals surface area (Å²) in [6.07, 6.45) is 8.20. The smallest absolute Gasteiger partial charge is 0.335 e. The van der Waals surface area contributed by atoms with Crippen molar-refractivity contribution in [2.24, 2.45) is 5.16 Å². The van der Waals surface area contributed by atoms with Gasteiger partial charge in [0.05, 0.1) is 23.1 Å². The molecule has 1 aliphatic rings. The number of carbonyl (C=O) groups is 1. The summed E-state index contributed by atoms with van der Waals surface area (Å²) >= 11 is 0. The van der Waals surface area contributed by atoms with Gasteiger partial charge in [0.25, 0.3) is 0 Å². The summed E-state index contributed by atoms with van der Waals surface area (Å²) in [6.45, 7) is 6.55. The molecule has 0 bridgehead atoms. The molecule has 1 heterocycles. The number of rotatable bonds is 5. The molecule has 146 valence electrons. The van der Waals surface area contributed by atoms with Gasteiger partial charge in [0.2, 0.25) is 0 Å². The van der Waals surface area contributed by atoms with Gasteiger partial charge in [0.1, 0.15) is 11.4 Å². The zero-order valence-corrected chi connectivity index (χ0v) is 16.4. The summed E-state index contributed by atoms with van der Waals surface area (Å²) in [5, 5.41) is 21.9. The van der Waals surface area contributed by atoms with Crippen molar-refractivity contribution >= 4 is 17.8 Å². The number of hydrogen-bond donors (Lipinski definition) is 2. The van der Waals surface area contributed by atoms with Gasteiger partial charge in [0, 0.05) is 11.3 Å². The van der Waals surface area contributed by atoms with Gasteiger partial charge in [-0.05, 0) is 43.0 Å². The number of aromatic nitrogens is 2. The molecule has 2 unspecified atom stereocenters. The Morgan fingerprint density at radius 3 is 2.68 bits per heavy atom. The van der Waals surface area contributed by atoms with Crippen molar-refractivity contribution in [3.63, 3.8) is 0 Å². The lowest BCUT2D eigenvalue weighted by molar-refractivity contribution is 0.0697. The van der Waals surface area contributed by atoms with E-state index in [2.05, 4.69) is 30.9 Å². The Hall–Kier alpha value is -3.02. The predicted octanol–water partition coefficient (Wildman–Crippen LogP) is 4.63. The van der Waals surface area contributed by atoms with Crippen LogP contribution in [0.4, 0.5) is 0 Å². The molecule has 2 aromatic rings. The molecule has 1 aromatic heterocycles. The molecule has 3 rings (SSSR count). The lowest BCUT2D eigenvalue weighted by Gasteiger charge is -2.36. The van der Waals surface area contributed by atoms with Crippen LogP contribution in [-0.2, 0) is 5.41 Å². The van der Waals surface area contributed by atoms with E-state index < -0.39 is 5.97 Å². The highest BCUT2D eigenvalue weighted by atomic mass is 16.4. The van der Waals surface area contributed by atoms with Crippen LogP contribution in [0.2, 0.25) is 0 Å². The Balaban J connectivity index is 1.91. The number of allylic oxidation sites excluding steroid dienone is 1. The van der Waals surface area contributed by atoms with Gasteiger partial charge in [-0.25, -0.2) is 9.78 Å². The second-order valence-electron chi connectivity index (χ2n) is 7.59. The van der Waals surface area contributed by atoms with Crippen LogP contribution in [0.3, 0.4) is 0 Å². The Morgan fingerprint density at radius 2 is 2.07 bits per heavy atom. The maximum atomic E-state index is 10.9. The lowest BCUT2D eigenvalue weighted by atomic mass is 9.71. The van der Waals surface area contributed by atoms with Crippen molar-refractivity contribution in [3.05, 3.63) is 64.7 Å². The highest BCUT2D eigenvalue weighted by molar-refractivity contribution is 6.09. The first kappa shape index (κ1) is 19.7. The Kier molecular flexibility index (Phi) is 5.58. The van der Waals surface area contributed by atoms with Crippen molar-refractivity contribution in [2.45, 2.75) is 51.4 Å². The van der Waals surface area contributed by atoms with E-state index in [-0.39, 0.29) is 11.0 Å². The van der Waals surface area contributed by atoms with Gasteiger partial charge < -0.3 is 10.3 Å². The highest BCUT2D eigenvalue weighted by Crippen LogP contribution is 2.42. The Bertz CT molecular complexity index is 935. The van der Waals surface area contributed by atoms with Gasteiger partial charge in [0.15, 0.2) is 0 Å². The second-order valence-corrected chi connectivity index (χ2v) is 7.59. The lowest BCUT2D eigenvalue weighted by Crippen LogP contribution is -2.31. The summed E-state index contributed by atoms with van der Waals surface area (Å²) in [4.78, 5) is 20.4. The molecule has 1 aromatic carbocycles. The summed E-state index contributed by atoms with van der Waals surface area (Å²) in [5.41, 5.74) is 3.85. The molecule has 28 heavy (non-hydrogen) atoms. The number of carboxylic acids is 1. The number of carboxylic acid groups (broad SMARTS) is 1. The number of aromatic carboxylic acids is 1. The maximum absolute atomic E-state index is 10.9. The summed E-state index contributed by atoms with van der Waals surface area (Å²) in [5.74, 6) is -0.598. The molecular formula is C22H25N3O3. The van der Waals surface area contributed by atoms with E-state index in [9.17, 15) is 10.0 Å². The van der Waals surface area contributed by atoms with Gasteiger partial charge in [-0.3, -0.25) is 4.98 Å². The van der Waals surface area contributed by atoms with E-state index in [1.807, 2.05) is 0 Å². The van der Waals surface area contributed by atoms with Crippen LogP contribution in [0.25, 0.3) is 6.08 Å². The molecule has 6 nitrogen and oxygen atoms in total. The number of oxime groups is 1. The van der Waals surface area contributed by atoms with Crippen molar-refractivity contribution in [1.82, 2.24) is 9.97 Å². The fourth-order valence-electron chi connectivity index (χ4n) is 3.54. The van der Waals surface area contributed by atoms with Crippen LogP contribution in [0.15, 0.2) is 41.7 Å². The molecule has 0 aliphatic heterocycles. The first-order chi connectivity index (χ1) is 13.4. The van der Waals surface area contributed by atoms with E-state index in [4.69, 9.17) is 10.1 Å². The van der Waals surface area contributed by atoms with Crippen LogP contribution < -0.4 is 0 Å². The molecule has 0 saturated heterocycles. The van der Waals surface area contributed by atoms with Gasteiger partial charge in [-0.1, -0.05) is 44.1 Å². The Labute approximate surface area is 164 Å². The van der Waals surface area contributed by atoms with E-state index >= 15 is 0 Å². The minimum atomic E-state index is -0.967. The third-order valence-electron chi connectivity index (χ3n) is 5.71. The average Bonchev–Trinajstić information content (AvgIpc) is 2.72. The first-order valence-corrected chi connectivity index (χ1v) is 9.49. The quantitative estimate of drug-likeness (QED) is 0.448. The van der Waals surface area contributed by atoms with Crippen LogP contribution in [0.1, 0.15) is 79.0 Å². The van der Waals surface area contributed by atoms with E-state index in [1.54, 1.807) is 30.5 Å². The number of nitrogens with zero attached hydrogens (tertiary/aromatic N) is 3. The zero-order chi connectivity index (χ0) is 20.3. The first-order valence-electron chi connectivity index (χ1n) is 9.49.